The number of aryl methyl sites for hydroxylation is 1. The summed E-state index contributed by atoms with van der Waals surface area (Å²) in [5.74, 6) is 0.780. The van der Waals surface area contributed by atoms with Crippen LogP contribution in [0.5, 0.6) is 0 Å². The lowest BCUT2D eigenvalue weighted by molar-refractivity contribution is 1.06. The fraction of sp³-hybridized carbons (Fsp3) is 0.250. The van der Waals surface area contributed by atoms with Gasteiger partial charge in [-0.15, -0.1) is 0 Å². The second-order valence-corrected chi connectivity index (χ2v) is 3.57. The zero-order chi connectivity index (χ0) is 9.42. The molecule has 0 saturated carbocycles. The third kappa shape index (κ3) is 1.29. The Morgan fingerprint density at radius 2 is 2.31 bits per heavy atom. The maximum absolute atomic E-state index is 4.26. The third-order valence-electron chi connectivity index (χ3n) is 1.88. The van der Waals surface area contributed by atoms with Crippen molar-refractivity contribution in [2.24, 2.45) is 0 Å². The average molecular weight is 241 g/mol. The van der Waals surface area contributed by atoms with Crippen molar-refractivity contribution in [1.29, 1.82) is 0 Å². The summed E-state index contributed by atoms with van der Waals surface area (Å²) in [6, 6.07) is 0. The Balaban J connectivity index is 2.84. The van der Waals surface area contributed by atoms with Gasteiger partial charge in [0, 0.05) is 25.1 Å². The topological polar surface area (TPSA) is 42.2 Å². The van der Waals surface area contributed by atoms with Crippen LogP contribution in [-0.2, 0) is 0 Å². The highest BCUT2D eigenvalue weighted by molar-refractivity contribution is 9.10. The maximum atomic E-state index is 4.26. The minimum Gasteiger partial charge on any atom is -0.370 e. The molecule has 0 aliphatic rings. The molecule has 0 fully saturated rings. The molecule has 5 heteroatoms. The molecule has 0 aromatic carbocycles. The van der Waals surface area contributed by atoms with Gasteiger partial charge in [0.05, 0.1) is 0 Å². The fourth-order valence-electron chi connectivity index (χ4n) is 1.24. The van der Waals surface area contributed by atoms with E-state index in [0.29, 0.717) is 0 Å². The first-order valence-corrected chi connectivity index (χ1v) is 4.69. The first kappa shape index (κ1) is 8.50. The Morgan fingerprint density at radius 3 is 3.00 bits per heavy atom. The van der Waals surface area contributed by atoms with Gasteiger partial charge in [-0.05, 0) is 22.9 Å². The number of nitrogens with zero attached hydrogens (tertiary/aromatic N) is 3. The molecule has 0 amide bonds. The van der Waals surface area contributed by atoms with Crippen LogP contribution < -0.4 is 5.32 Å². The molecule has 0 radical (unpaired) electrons. The quantitative estimate of drug-likeness (QED) is 0.828. The van der Waals surface area contributed by atoms with E-state index in [-0.39, 0.29) is 0 Å². The lowest BCUT2D eigenvalue weighted by Gasteiger charge is -2.03. The predicted octanol–water partition coefficient (Wildman–Crippen LogP) is 1.84. The summed E-state index contributed by atoms with van der Waals surface area (Å²) < 4.78 is 2.79. The van der Waals surface area contributed by atoms with Gasteiger partial charge in [-0.25, -0.2) is 9.97 Å². The molecule has 0 saturated heterocycles. The fourth-order valence-corrected chi connectivity index (χ4v) is 1.63. The number of hydrogen-bond acceptors (Lipinski definition) is 3. The molecule has 2 aromatic heterocycles. The minimum atomic E-state index is 0.780. The summed E-state index contributed by atoms with van der Waals surface area (Å²) in [5, 5.41) is 3.00. The van der Waals surface area contributed by atoms with E-state index >= 15 is 0 Å². The van der Waals surface area contributed by atoms with E-state index in [2.05, 4.69) is 31.2 Å². The third-order valence-corrected chi connectivity index (χ3v) is 2.27. The van der Waals surface area contributed by atoms with Crippen LogP contribution in [0.25, 0.3) is 5.65 Å². The van der Waals surface area contributed by atoms with E-state index in [9.17, 15) is 0 Å². The Morgan fingerprint density at radius 1 is 1.54 bits per heavy atom. The summed E-state index contributed by atoms with van der Waals surface area (Å²) in [6.07, 6.45) is 3.72. The lowest BCUT2D eigenvalue weighted by atomic mass is 10.5. The van der Waals surface area contributed by atoms with E-state index in [1.807, 2.05) is 30.8 Å². The number of halogens is 1. The van der Waals surface area contributed by atoms with Crippen molar-refractivity contribution in [2.75, 3.05) is 12.4 Å². The SMILES string of the molecule is CNc1nc(Br)cn2c(C)cnc12. The van der Waals surface area contributed by atoms with Crippen molar-refractivity contribution >= 4 is 27.4 Å². The summed E-state index contributed by atoms with van der Waals surface area (Å²) in [6.45, 7) is 2.01. The molecule has 0 aliphatic heterocycles. The minimum absolute atomic E-state index is 0.780. The molecule has 2 aromatic rings. The van der Waals surface area contributed by atoms with Crippen molar-refractivity contribution in [3.63, 3.8) is 0 Å². The van der Waals surface area contributed by atoms with E-state index in [0.717, 1.165) is 21.8 Å². The van der Waals surface area contributed by atoms with Crippen LogP contribution in [0.4, 0.5) is 5.82 Å². The number of rotatable bonds is 1. The average Bonchev–Trinajstić information content (AvgIpc) is 2.47. The van der Waals surface area contributed by atoms with Crippen LogP contribution in [0.2, 0.25) is 0 Å². The summed E-state index contributed by atoms with van der Waals surface area (Å²) in [5.41, 5.74) is 1.94. The van der Waals surface area contributed by atoms with Crippen LogP contribution >= 0.6 is 15.9 Å². The van der Waals surface area contributed by atoms with Gasteiger partial charge < -0.3 is 5.32 Å². The number of nitrogens with one attached hydrogen (secondary N) is 1. The van der Waals surface area contributed by atoms with Crippen LogP contribution in [-0.4, -0.2) is 21.4 Å². The maximum Gasteiger partial charge on any atom is 0.180 e. The monoisotopic (exact) mass is 240 g/mol. The van der Waals surface area contributed by atoms with Gasteiger partial charge in [0.15, 0.2) is 11.5 Å². The molecule has 2 rings (SSSR count). The van der Waals surface area contributed by atoms with Crippen molar-refractivity contribution < 1.29 is 0 Å². The number of anilines is 1. The van der Waals surface area contributed by atoms with Crippen molar-refractivity contribution in [3.05, 3.63) is 22.7 Å². The lowest BCUT2D eigenvalue weighted by Crippen LogP contribution is -1.98. The molecular formula is C8H9BrN4. The van der Waals surface area contributed by atoms with Crippen molar-refractivity contribution in [1.82, 2.24) is 14.4 Å². The first-order chi connectivity index (χ1) is 6.22. The Kier molecular flexibility index (Phi) is 1.95. The smallest absolute Gasteiger partial charge is 0.180 e. The van der Waals surface area contributed by atoms with Gasteiger partial charge in [0.25, 0.3) is 0 Å². The highest BCUT2D eigenvalue weighted by Gasteiger charge is 2.06. The molecule has 0 bridgehead atoms. The predicted molar refractivity (Wildman–Crippen MR) is 55.0 cm³/mol. The van der Waals surface area contributed by atoms with E-state index in [4.69, 9.17) is 0 Å². The normalized spacial score (nSPS) is 10.7. The Labute approximate surface area is 84.1 Å². The molecule has 0 unspecified atom stereocenters. The van der Waals surface area contributed by atoms with Crippen LogP contribution in [0, 0.1) is 6.92 Å². The molecule has 4 nitrogen and oxygen atoms in total. The first-order valence-electron chi connectivity index (χ1n) is 3.90. The number of fused-ring (bicyclic) bond motifs is 1. The second-order valence-electron chi connectivity index (χ2n) is 2.76. The molecule has 0 atom stereocenters. The molecule has 0 spiro atoms. The summed E-state index contributed by atoms with van der Waals surface area (Å²) >= 11 is 3.34. The van der Waals surface area contributed by atoms with Gasteiger partial charge in [-0.2, -0.15) is 0 Å². The van der Waals surface area contributed by atoms with Crippen molar-refractivity contribution in [3.8, 4) is 0 Å². The Hall–Kier alpha value is -1.10. The van der Waals surface area contributed by atoms with Gasteiger partial charge in [-0.1, -0.05) is 0 Å². The van der Waals surface area contributed by atoms with E-state index in [1.54, 1.807) is 0 Å². The molecular weight excluding hydrogens is 232 g/mol. The second kappa shape index (κ2) is 2.99. The van der Waals surface area contributed by atoms with Crippen LogP contribution in [0.1, 0.15) is 5.69 Å². The summed E-state index contributed by atoms with van der Waals surface area (Å²) in [7, 11) is 1.83. The summed E-state index contributed by atoms with van der Waals surface area (Å²) in [4.78, 5) is 8.50. The number of hydrogen-bond donors (Lipinski definition) is 1. The number of imidazole rings is 1. The number of aromatic nitrogens is 3. The molecule has 68 valence electrons. The van der Waals surface area contributed by atoms with E-state index in [1.165, 1.54) is 0 Å². The van der Waals surface area contributed by atoms with Crippen molar-refractivity contribution in [2.45, 2.75) is 6.92 Å². The highest BCUT2D eigenvalue weighted by Crippen LogP contribution is 2.17. The molecule has 1 N–H and O–H groups in total. The van der Waals surface area contributed by atoms with Crippen LogP contribution in [0.3, 0.4) is 0 Å². The zero-order valence-electron chi connectivity index (χ0n) is 7.37. The largest absolute Gasteiger partial charge is 0.370 e. The molecule has 2 heterocycles. The standard InChI is InChI=1S/C8H9BrN4/c1-5-3-11-8-7(10-2)12-6(9)4-13(5)8/h3-4H,1-2H3,(H,10,12). The van der Waals surface area contributed by atoms with Gasteiger partial charge in [-0.3, -0.25) is 4.40 Å². The zero-order valence-corrected chi connectivity index (χ0v) is 8.96. The van der Waals surface area contributed by atoms with Gasteiger partial charge in [0.1, 0.15) is 4.60 Å². The highest BCUT2D eigenvalue weighted by atomic mass is 79.9. The Bertz CT molecular complexity index is 449. The molecule has 0 aliphatic carbocycles. The van der Waals surface area contributed by atoms with Gasteiger partial charge >= 0.3 is 0 Å². The van der Waals surface area contributed by atoms with Crippen LogP contribution in [0.15, 0.2) is 17.0 Å². The van der Waals surface area contributed by atoms with E-state index < -0.39 is 0 Å². The van der Waals surface area contributed by atoms with Gasteiger partial charge in [0.2, 0.25) is 0 Å². The molecule has 13 heavy (non-hydrogen) atoms.